The van der Waals surface area contributed by atoms with E-state index < -0.39 is 5.91 Å². The van der Waals surface area contributed by atoms with Crippen LogP contribution < -0.4 is 11.0 Å². The molecule has 0 aliphatic rings. The second-order valence-corrected chi connectivity index (χ2v) is 4.42. The van der Waals surface area contributed by atoms with Crippen molar-refractivity contribution in [3.8, 4) is 0 Å². The predicted molar refractivity (Wildman–Crippen MR) is 81.7 cm³/mol. The van der Waals surface area contributed by atoms with Crippen molar-refractivity contribution in [3.63, 3.8) is 0 Å². The summed E-state index contributed by atoms with van der Waals surface area (Å²) < 4.78 is 0. The molecule has 0 fully saturated rings. The number of hydrogen-bond donors (Lipinski definition) is 2. The number of H-pyrrole nitrogens is 1. The normalized spacial score (nSPS) is 10.9. The molecular formula is C15H11N5O2. The number of benzene rings is 1. The van der Waals surface area contributed by atoms with Crippen LogP contribution in [-0.2, 0) is 0 Å². The second-order valence-electron chi connectivity index (χ2n) is 4.42. The third-order valence-corrected chi connectivity index (χ3v) is 2.89. The maximum absolute atomic E-state index is 12.0. The van der Waals surface area contributed by atoms with Gasteiger partial charge in [-0.05, 0) is 18.2 Å². The molecule has 3 aromatic rings. The molecular weight excluding hydrogens is 282 g/mol. The lowest BCUT2D eigenvalue weighted by molar-refractivity contribution is 0.0945. The molecule has 7 heteroatoms. The van der Waals surface area contributed by atoms with Crippen molar-refractivity contribution in [2.24, 2.45) is 5.10 Å². The minimum atomic E-state index is -0.594. The summed E-state index contributed by atoms with van der Waals surface area (Å²) in [6.07, 6.45) is 4.69. The number of carbonyl (C=O) groups excluding carboxylic acids is 1. The van der Waals surface area contributed by atoms with Crippen LogP contribution >= 0.6 is 0 Å². The Morgan fingerprint density at radius 3 is 2.91 bits per heavy atom. The average Bonchev–Trinajstić information content (AvgIpc) is 2.56. The number of hydrazone groups is 1. The molecule has 1 amide bonds. The van der Waals surface area contributed by atoms with Crippen LogP contribution in [0.3, 0.4) is 0 Å². The first kappa shape index (κ1) is 13.6. The summed E-state index contributed by atoms with van der Waals surface area (Å²) in [5.74, 6) is -0.685. The van der Waals surface area contributed by atoms with E-state index in [1.54, 1.807) is 48.8 Å². The molecule has 0 radical (unpaired) electrons. The molecule has 0 saturated heterocycles. The summed E-state index contributed by atoms with van der Waals surface area (Å²) in [5.41, 5.74) is 3.13. The van der Waals surface area contributed by atoms with Gasteiger partial charge in [0.2, 0.25) is 5.82 Å². The first-order valence-corrected chi connectivity index (χ1v) is 6.46. The Kier molecular flexibility index (Phi) is 3.69. The summed E-state index contributed by atoms with van der Waals surface area (Å²) in [7, 11) is 0. The van der Waals surface area contributed by atoms with Gasteiger partial charge in [0, 0.05) is 18.0 Å². The highest BCUT2D eigenvalue weighted by atomic mass is 16.2. The zero-order chi connectivity index (χ0) is 15.4. The lowest BCUT2D eigenvalue weighted by Crippen LogP contribution is -2.24. The number of carbonyl (C=O) groups is 1. The van der Waals surface area contributed by atoms with E-state index in [1.165, 1.54) is 6.21 Å². The molecule has 0 aliphatic carbocycles. The van der Waals surface area contributed by atoms with E-state index in [4.69, 9.17) is 0 Å². The van der Waals surface area contributed by atoms with Gasteiger partial charge >= 0.3 is 5.91 Å². The third kappa shape index (κ3) is 2.88. The average molecular weight is 293 g/mol. The maximum Gasteiger partial charge on any atom is 0.307 e. The van der Waals surface area contributed by atoms with Gasteiger partial charge in [-0.3, -0.25) is 14.6 Å². The molecule has 7 nitrogen and oxygen atoms in total. The smallest absolute Gasteiger partial charge is 0.302 e. The van der Waals surface area contributed by atoms with E-state index in [0.29, 0.717) is 10.9 Å². The van der Waals surface area contributed by atoms with Gasteiger partial charge in [0.1, 0.15) is 0 Å². The molecule has 22 heavy (non-hydrogen) atoms. The SMILES string of the molecule is O=C(N/N=C/c1cccnc1)c1nc2ccccc2c(=O)[nH]1. The van der Waals surface area contributed by atoms with Crippen molar-refractivity contribution >= 4 is 23.0 Å². The number of nitrogens with one attached hydrogen (secondary N) is 2. The number of aromatic amines is 1. The number of para-hydroxylation sites is 1. The Morgan fingerprint density at radius 1 is 1.23 bits per heavy atom. The van der Waals surface area contributed by atoms with Gasteiger partial charge in [-0.1, -0.05) is 18.2 Å². The van der Waals surface area contributed by atoms with E-state index in [1.807, 2.05) is 0 Å². The minimum absolute atomic E-state index is 0.0907. The van der Waals surface area contributed by atoms with Crippen molar-refractivity contribution in [2.75, 3.05) is 0 Å². The highest BCUT2D eigenvalue weighted by Gasteiger charge is 2.10. The third-order valence-electron chi connectivity index (χ3n) is 2.89. The molecule has 2 aromatic heterocycles. The number of aromatic nitrogens is 3. The van der Waals surface area contributed by atoms with E-state index in [0.717, 1.165) is 5.56 Å². The van der Waals surface area contributed by atoms with Gasteiger partial charge in [-0.15, -0.1) is 0 Å². The van der Waals surface area contributed by atoms with Gasteiger partial charge in [-0.2, -0.15) is 5.10 Å². The summed E-state index contributed by atoms with van der Waals surface area (Å²) in [4.78, 5) is 34.3. The van der Waals surface area contributed by atoms with Gasteiger partial charge in [0.05, 0.1) is 17.1 Å². The molecule has 108 valence electrons. The molecule has 0 aliphatic heterocycles. The number of rotatable bonds is 3. The maximum atomic E-state index is 12.0. The van der Waals surface area contributed by atoms with Crippen LogP contribution in [0.25, 0.3) is 10.9 Å². The summed E-state index contributed by atoms with van der Waals surface area (Å²) >= 11 is 0. The van der Waals surface area contributed by atoms with Crippen LogP contribution in [0.5, 0.6) is 0 Å². The molecule has 0 unspecified atom stereocenters. The van der Waals surface area contributed by atoms with E-state index in [2.05, 4.69) is 25.5 Å². The molecule has 2 N–H and O–H groups in total. The quantitative estimate of drug-likeness (QED) is 0.557. The highest BCUT2D eigenvalue weighted by Crippen LogP contribution is 2.05. The Balaban J connectivity index is 1.81. The Morgan fingerprint density at radius 2 is 2.09 bits per heavy atom. The van der Waals surface area contributed by atoms with Crippen molar-refractivity contribution in [3.05, 3.63) is 70.5 Å². The fourth-order valence-corrected chi connectivity index (χ4v) is 1.86. The van der Waals surface area contributed by atoms with E-state index in [-0.39, 0.29) is 11.4 Å². The Bertz CT molecular complexity index is 902. The summed E-state index contributed by atoms with van der Waals surface area (Å²) in [6.45, 7) is 0. The number of pyridine rings is 1. The van der Waals surface area contributed by atoms with Crippen LogP contribution in [0.1, 0.15) is 16.2 Å². The zero-order valence-corrected chi connectivity index (χ0v) is 11.4. The van der Waals surface area contributed by atoms with Crippen LogP contribution in [0.2, 0.25) is 0 Å². The largest absolute Gasteiger partial charge is 0.307 e. The Labute approximate surface area is 124 Å². The standard InChI is InChI=1S/C15H11N5O2/c21-14-11-5-1-2-6-12(11)18-13(19-14)15(22)20-17-9-10-4-3-7-16-8-10/h1-9H,(H,20,22)(H,18,19,21)/b17-9+. The molecule has 1 aromatic carbocycles. The summed E-state index contributed by atoms with van der Waals surface area (Å²) in [6, 6.07) is 10.3. The second kappa shape index (κ2) is 5.96. The molecule has 0 bridgehead atoms. The predicted octanol–water partition coefficient (Wildman–Crippen LogP) is 1.08. The van der Waals surface area contributed by atoms with Gasteiger partial charge < -0.3 is 4.98 Å². The van der Waals surface area contributed by atoms with Gasteiger partial charge in [0.25, 0.3) is 5.56 Å². The molecule has 2 heterocycles. The van der Waals surface area contributed by atoms with Crippen molar-refractivity contribution in [1.82, 2.24) is 20.4 Å². The van der Waals surface area contributed by atoms with E-state index in [9.17, 15) is 9.59 Å². The molecule has 0 atom stereocenters. The molecule has 3 rings (SSSR count). The number of amides is 1. The Hall–Kier alpha value is -3.35. The number of nitrogens with zero attached hydrogens (tertiary/aromatic N) is 3. The summed E-state index contributed by atoms with van der Waals surface area (Å²) in [5, 5.41) is 4.23. The zero-order valence-electron chi connectivity index (χ0n) is 11.4. The first-order valence-electron chi connectivity index (χ1n) is 6.46. The fraction of sp³-hybridized carbons (Fsp3) is 0. The minimum Gasteiger partial charge on any atom is -0.302 e. The monoisotopic (exact) mass is 293 g/mol. The van der Waals surface area contributed by atoms with Crippen LogP contribution in [-0.4, -0.2) is 27.1 Å². The van der Waals surface area contributed by atoms with Crippen LogP contribution in [0, 0.1) is 0 Å². The van der Waals surface area contributed by atoms with Crippen molar-refractivity contribution < 1.29 is 4.79 Å². The van der Waals surface area contributed by atoms with Crippen molar-refractivity contribution in [1.29, 1.82) is 0 Å². The van der Waals surface area contributed by atoms with E-state index >= 15 is 0 Å². The van der Waals surface area contributed by atoms with Gasteiger partial charge in [0.15, 0.2) is 0 Å². The lowest BCUT2D eigenvalue weighted by atomic mass is 10.2. The van der Waals surface area contributed by atoms with Crippen LogP contribution in [0.4, 0.5) is 0 Å². The lowest BCUT2D eigenvalue weighted by Gasteiger charge is -2.01. The van der Waals surface area contributed by atoms with Crippen molar-refractivity contribution in [2.45, 2.75) is 0 Å². The number of hydrogen-bond acceptors (Lipinski definition) is 5. The first-order chi connectivity index (χ1) is 10.7. The van der Waals surface area contributed by atoms with Crippen LogP contribution in [0.15, 0.2) is 58.7 Å². The molecule has 0 saturated carbocycles. The highest BCUT2D eigenvalue weighted by molar-refractivity contribution is 5.93. The van der Waals surface area contributed by atoms with Gasteiger partial charge in [-0.25, -0.2) is 10.4 Å². The number of fused-ring (bicyclic) bond motifs is 1. The fourth-order valence-electron chi connectivity index (χ4n) is 1.86. The topological polar surface area (TPSA) is 100 Å². The molecule has 0 spiro atoms.